The van der Waals surface area contributed by atoms with Gasteiger partial charge in [-0.05, 0) is 52.4 Å². The van der Waals surface area contributed by atoms with Gasteiger partial charge in [-0.25, -0.2) is 4.98 Å². The van der Waals surface area contributed by atoms with Crippen LogP contribution in [0.3, 0.4) is 0 Å². The lowest BCUT2D eigenvalue weighted by atomic mass is 10.1. The first kappa shape index (κ1) is 14.8. The van der Waals surface area contributed by atoms with Gasteiger partial charge < -0.3 is 9.88 Å². The number of rotatable bonds is 4. The predicted molar refractivity (Wildman–Crippen MR) is 94.9 cm³/mol. The van der Waals surface area contributed by atoms with Crippen LogP contribution in [-0.2, 0) is 6.54 Å². The molecule has 0 atom stereocenters. The lowest BCUT2D eigenvalue weighted by Crippen LogP contribution is -2.13. The van der Waals surface area contributed by atoms with Crippen LogP contribution < -0.4 is 5.32 Å². The minimum absolute atomic E-state index is 0.0928. The van der Waals surface area contributed by atoms with E-state index in [-0.39, 0.29) is 5.91 Å². The first-order chi connectivity index (χ1) is 10.7. The number of amides is 1. The van der Waals surface area contributed by atoms with Crippen molar-refractivity contribution in [3.63, 3.8) is 0 Å². The summed E-state index contributed by atoms with van der Waals surface area (Å²) in [5.41, 5.74) is 2.59. The van der Waals surface area contributed by atoms with Gasteiger partial charge in [-0.2, -0.15) is 0 Å². The number of nitrogens with one attached hydrogen (secondary N) is 1. The van der Waals surface area contributed by atoms with Gasteiger partial charge in [0.25, 0.3) is 5.91 Å². The number of imidazole rings is 1. The number of hydrogen-bond acceptors (Lipinski definition) is 2. The maximum Gasteiger partial charge on any atom is 0.256 e. The number of carbonyl (C=O) groups excluding carboxylic acids is 1. The first-order valence-electron chi connectivity index (χ1n) is 6.83. The predicted octanol–water partition coefficient (Wildman–Crippen LogP) is 3.79. The van der Waals surface area contributed by atoms with E-state index in [0.717, 1.165) is 21.4 Å². The fourth-order valence-electron chi connectivity index (χ4n) is 2.18. The number of benzene rings is 2. The van der Waals surface area contributed by atoms with Gasteiger partial charge in [0.1, 0.15) is 0 Å². The van der Waals surface area contributed by atoms with Gasteiger partial charge in [0.2, 0.25) is 0 Å². The summed E-state index contributed by atoms with van der Waals surface area (Å²) in [4.78, 5) is 16.4. The highest BCUT2D eigenvalue weighted by molar-refractivity contribution is 14.1. The molecule has 0 saturated heterocycles. The van der Waals surface area contributed by atoms with Gasteiger partial charge >= 0.3 is 0 Å². The number of carbonyl (C=O) groups is 1. The molecule has 2 aromatic carbocycles. The lowest BCUT2D eigenvalue weighted by Gasteiger charge is -2.09. The monoisotopic (exact) mass is 403 g/mol. The average molecular weight is 403 g/mol. The molecule has 0 fully saturated rings. The number of aromatic nitrogens is 2. The minimum atomic E-state index is -0.0928. The van der Waals surface area contributed by atoms with E-state index in [0.29, 0.717) is 5.56 Å². The molecular weight excluding hydrogens is 389 g/mol. The van der Waals surface area contributed by atoms with Crippen molar-refractivity contribution in [3.8, 4) is 0 Å². The minimum Gasteiger partial charge on any atom is -0.333 e. The molecule has 110 valence electrons. The van der Waals surface area contributed by atoms with Gasteiger partial charge in [-0.1, -0.05) is 24.3 Å². The van der Waals surface area contributed by atoms with E-state index in [1.165, 1.54) is 0 Å². The van der Waals surface area contributed by atoms with Crippen LogP contribution >= 0.6 is 22.6 Å². The van der Waals surface area contributed by atoms with Gasteiger partial charge in [0.05, 0.1) is 11.9 Å². The Morgan fingerprint density at radius 1 is 1.18 bits per heavy atom. The highest BCUT2D eigenvalue weighted by Gasteiger charge is 2.09. The van der Waals surface area contributed by atoms with Crippen molar-refractivity contribution in [2.45, 2.75) is 6.54 Å². The van der Waals surface area contributed by atoms with Crippen molar-refractivity contribution in [1.82, 2.24) is 9.55 Å². The standard InChI is InChI=1S/C17H14IN3O/c18-16-7-2-1-6-15(16)17(22)20-14-5-3-4-13(10-14)11-21-9-8-19-12-21/h1-10,12H,11H2,(H,20,22). The Balaban J connectivity index is 1.75. The van der Waals surface area contributed by atoms with Crippen LogP contribution in [0.15, 0.2) is 67.3 Å². The Kier molecular flexibility index (Phi) is 4.53. The molecule has 3 aromatic rings. The molecule has 1 aromatic heterocycles. The van der Waals surface area contributed by atoms with Crippen molar-refractivity contribution in [1.29, 1.82) is 0 Å². The number of nitrogens with zero attached hydrogens (tertiary/aromatic N) is 2. The highest BCUT2D eigenvalue weighted by Crippen LogP contribution is 2.16. The summed E-state index contributed by atoms with van der Waals surface area (Å²) < 4.78 is 2.92. The van der Waals surface area contributed by atoms with E-state index in [1.54, 1.807) is 12.5 Å². The van der Waals surface area contributed by atoms with Crippen LogP contribution in [0.25, 0.3) is 0 Å². The third-order valence-electron chi connectivity index (χ3n) is 3.23. The normalized spacial score (nSPS) is 10.4. The fraction of sp³-hybridized carbons (Fsp3) is 0.0588. The third-order valence-corrected chi connectivity index (χ3v) is 4.17. The van der Waals surface area contributed by atoms with Crippen LogP contribution in [0, 0.1) is 3.57 Å². The molecule has 0 radical (unpaired) electrons. The van der Waals surface area contributed by atoms with E-state index in [2.05, 4.69) is 32.9 Å². The van der Waals surface area contributed by atoms with Crippen LogP contribution in [-0.4, -0.2) is 15.5 Å². The number of anilines is 1. The SMILES string of the molecule is O=C(Nc1cccc(Cn2ccnc2)c1)c1ccccc1I. The number of hydrogen-bond donors (Lipinski definition) is 1. The van der Waals surface area contributed by atoms with Crippen molar-refractivity contribution >= 4 is 34.2 Å². The molecule has 0 saturated carbocycles. The molecule has 1 heterocycles. The summed E-state index contributed by atoms with van der Waals surface area (Å²) >= 11 is 2.17. The zero-order valence-electron chi connectivity index (χ0n) is 11.7. The molecule has 3 rings (SSSR count). The van der Waals surface area contributed by atoms with Crippen LogP contribution in [0.1, 0.15) is 15.9 Å². The molecular formula is C17H14IN3O. The van der Waals surface area contributed by atoms with Gasteiger partial charge in [0.15, 0.2) is 0 Å². The van der Waals surface area contributed by atoms with Crippen molar-refractivity contribution in [2.24, 2.45) is 0 Å². The zero-order valence-corrected chi connectivity index (χ0v) is 13.9. The third kappa shape index (κ3) is 3.54. The average Bonchev–Trinajstić information content (AvgIpc) is 3.01. The molecule has 5 heteroatoms. The van der Waals surface area contributed by atoms with Crippen molar-refractivity contribution < 1.29 is 4.79 Å². The lowest BCUT2D eigenvalue weighted by molar-refractivity contribution is 0.102. The topological polar surface area (TPSA) is 46.9 Å². The summed E-state index contributed by atoms with van der Waals surface area (Å²) in [6, 6.07) is 15.4. The maximum atomic E-state index is 12.3. The van der Waals surface area contributed by atoms with Gasteiger partial charge in [0, 0.05) is 28.2 Å². The van der Waals surface area contributed by atoms with E-state index in [9.17, 15) is 4.79 Å². The summed E-state index contributed by atoms with van der Waals surface area (Å²) in [6.07, 6.45) is 5.44. The summed E-state index contributed by atoms with van der Waals surface area (Å²) in [5.74, 6) is -0.0928. The second kappa shape index (κ2) is 6.74. The van der Waals surface area contributed by atoms with Crippen molar-refractivity contribution in [3.05, 3.63) is 81.9 Å². The molecule has 0 aliphatic rings. The zero-order chi connectivity index (χ0) is 15.4. The maximum absolute atomic E-state index is 12.3. The molecule has 0 aliphatic heterocycles. The van der Waals surface area contributed by atoms with E-state index >= 15 is 0 Å². The summed E-state index contributed by atoms with van der Waals surface area (Å²) in [6.45, 7) is 0.729. The Bertz CT molecular complexity index is 784. The fourth-order valence-corrected chi connectivity index (χ4v) is 2.81. The number of halogens is 1. The van der Waals surface area contributed by atoms with E-state index in [1.807, 2.05) is 59.3 Å². The molecule has 0 bridgehead atoms. The first-order valence-corrected chi connectivity index (χ1v) is 7.91. The van der Waals surface area contributed by atoms with Crippen LogP contribution in [0.4, 0.5) is 5.69 Å². The van der Waals surface area contributed by atoms with E-state index in [4.69, 9.17) is 0 Å². The smallest absolute Gasteiger partial charge is 0.256 e. The second-order valence-corrected chi connectivity index (χ2v) is 6.03. The highest BCUT2D eigenvalue weighted by atomic mass is 127. The van der Waals surface area contributed by atoms with Crippen LogP contribution in [0.5, 0.6) is 0 Å². The van der Waals surface area contributed by atoms with Crippen molar-refractivity contribution in [2.75, 3.05) is 5.32 Å². The molecule has 4 nitrogen and oxygen atoms in total. The quantitative estimate of drug-likeness (QED) is 0.674. The van der Waals surface area contributed by atoms with E-state index < -0.39 is 0 Å². The largest absolute Gasteiger partial charge is 0.333 e. The molecule has 1 amide bonds. The molecule has 0 unspecified atom stereocenters. The Hall–Kier alpha value is -2.15. The summed E-state index contributed by atoms with van der Waals surface area (Å²) in [5, 5.41) is 2.95. The van der Waals surface area contributed by atoms with Crippen LogP contribution in [0.2, 0.25) is 0 Å². The molecule has 22 heavy (non-hydrogen) atoms. The Morgan fingerprint density at radius 3 is 2.82 bits per heavy atom. The molecule has 1 N–H and O–H groups in total. The Morgan fingerprint density at radius 2 is 2.05 bits per heavy atom. The second-order valence-electron chi connectivity index (χ2n) is 4.87. The Labute approximate surface area is 142 Å². The van der Waals surface area contributed by atoms with Gasteiger partial charge in [-0.3, -0.25) is 4.79 Å². The molecule has 0 aliphatic carbocycles. The molecule has 0 spiro atoms. The summed E-state index contributed by atoms with van der Waals surface area (Å²) in [7, 11) is 0. The van der Waals surface area contributed by atoms with Gasteiger partial charge in [-0.15, -0.1) is 0 Å².